The topological polar surface area (TPSA) is 81.1 Å². The molecule has 4 rings (SSSR count). The van der Waals surface area contributed by atoms with Crippen molar-refractivity contribution in [2.45, 2.75) is 13.8 Å². The molecule has 4 aromatic rings. The number of imidazole rings is 1. The van der Waals surface area contributed by atoms with Gasteiger partial charge in [-0.1, -0.05) is 18.2 Å². The third-order valence-corrected chi connectivity index (χ3v) is 6.52. The highest BCUT2D eigenvalue weighted by Gasteiger charge is 2.17. The molecule has 6 nitrogen and oxygen atoms in total. The Morgan fingerprint density at radius 1 is 1.06 bits per heavy atom. The van der Waals surface area contributed by atoms with Crippen LogP contribution in [0.3, 0.4) is 0 Å². The fourth-order valence-electron chi connectivity index (χ4n) is 3.62. The minimum atomic E-state index is -3.36. The SMILES string of the molecule is Cc1cc(NS(C)(=O)=O)ccc1-c1c(-c2ccc(-n3ccnc3C)cc2)csc1C=O. The van der Waals surface area contributed by atoms with Crippen molar-refractivity contribution in [3.8, 4) is 27.9 Å². The van der Waals surface area contributed by atoms with Crippen LogP contribution in [0.25, 0.3) is 27.9 Å². The van der Waals surface area contributed by atoms with Gasteiger partial charge in [0.15, 0.2) is 6.29 Å². The smallest absolute Gasteiger partial charge is 0.229 e. The number of anilines is 1. The summed E-state index contributed by atoms with van der Waals surface area (Å²) in [6.45, 7) is 3.86. The third-order valence-electron chi connectivity index (χ3n) is 5.01. The van der Waals surface area contributed by atoms with E-state index < -0.39 is 10.0 Å². The van der Waals surface area contributed by atoms with E-state index in [2.05, 4.69) is 9.71 Å². The van der Waals surface area contributed by atoms with E-state index in [0.29, 0.717) is 10.6 Å². The zero-order valence-electron chi connectivity index (χ0n) is 17.3. The van der Waals surface area contributed by atoms with Gasteiger partial charge in [0, 0.05) is 34.9 Å². The molecule has 158 valence electrons. The fourth-order valence-corrected chi connectivity index (χ4v) is 5.07. The molecule has 0 aliphatic carbocycles. The summed E-state index contributed by atoms with van der Waals surface area (Å²) in [5.41, 5.74) is 6.10. The first-order valence-electron chi connectivity index (χ1n) is 9.53. The van der Waals surface area contributed by atoms with Gasteiger partial charge in [-0.3, -0.25) is 9.52 Å². The molecule has 2 aromatic carbocycles. The summed E-state index contributed by atoms with van der Waals surface area (Å²) in [5.74, 6) is 0.908. The molecule has 0 radical (unpaired) electrons. The largest absolute Gasteiger partial charge is 0.304 e. The van der Waals surface area contributed by atoms with Crippen LogP contribution in [-0.4, -0.2) is 30.5 Å². The first kappa shape index (κ1) is 21.0. The van der Waals surface area contributed by atoms with Crippen molar-refractivity contribution >= 4 is 33.3 Å². The van der Waals surface area contributed by atoms with E-state index in [0.717, 1.165) is 51.9 Å². The zero-order chi connectivity index (χ0) is 22.2. The number of hydrogen-bond donors (Lipinski definition) is 1. The van der Waals surface area contributed by atoms with Gasteiger partial charge in [0.25, 0.3) is 0 Å². The zero-order valence-corrected chi connectivity index (χ0v) is 18.9. The van der Waals surface area contributed by atoms with Crippen molar-refractivity contribution < 1.29 is 13.2 Å². The predicted octanol–water partition coefficient (Wildman–Crippen LogP) is 5.07. The van der Waals surface area contributed by atoms with Crippen molar-refractivity contribution in [1.29, 1.82) is 0 Å². The Balaban J connectivity index is 1.77. The van der Waals surface area contributed by atoms with Crippen LogP contribution in [0, 0.1) is 13.8 Å². The lowest BCUT2D eigenvalue weighted by Crippen LogP contribution is -2.09. The number of aryl methyl sites for hydroxylation is 2. The number of aromatic nitrogens is 2. The van der Waals surface area contributed by atoms with E-state index in [4.69, 9.17) is 0 Å². The highest BCUT2D eigenvalue weighted by atomic mass is 32.2. The van der Waals surface area contributed by atoms with Crippen molar-refractivity contribution in [3.05, 3.63) is 76.5 Å². The standard InChI is InChI=1S/C23H21N3O3S2/c1-15-12-18(25-31(3,28)29)6-9-20(15)23-21(14-30-22(23)13-27)17-4-7-19(8-5-17)26-11-10-24-16(26)2/h4-14,25H,1-3H3. The Kier molecular flexibility index (Phi) is 5.51. The second-order valence-electron chi connectivity index (χ2n) is 7.30. The van der Waals surface area contributed by atoms with E-state index in [1.54, 1.807) is 18.3 Å². The van der Waals surface area contributed by atoms with Gasteiger partial charge in [-0.25, -0.2) is 13.4 Å². The lowest BCUT2D eigenvalue weighted by atomic mass is 9.93. The molecule has 1 N–H and O–H groups in total. The number of carbonyl (C=O) groups is 1. The van der Waals surface area contributed by atoms with E-state index in [9.17, 15) is 13.2 Å². The number of benzene rings is 2. The summed E-state index contributed by atoms with van der Waals surface area (Å²) in [5, 5.41) is 1.98. The molecule has 0 saturated carbocycles. The maximum absolute atomic E-state index is 11.8. The van der Waals surface area contributed by atoms with Gasteiger partial charge in [-0.2, -0.15) is 0 Å². The molecular formula is C23H21N3O3S2. The molecule has 0 aliphatic rings. The summed E-state index contributed by atoms with van der Waals surface area (Å²) in [6, 6.07) is 13.5. The second kappa shape index (κ2) is 8.13. The minimum Gasteiger partial charge on any atom is -0.304 e. The van der Waals surface area contributed by atoms with Crippen LogP contribution in [-0.2, 0) is 10.0 Å². The van der Waals surface area contributed by atoms with Crippen molar-refractivity contribution in [1.82, 2.24) is 9.55 Å². The van der Waals surface area contributed by atoms with E-state index in [1.165, 1.54) is 11.3 Å². The monoisotopic (exact) mass is 451 g/mol. The molecular weight excluding hydrogens is 430 g/mol. The number of carbonyl (C=O) groups excluding carboxylic acids is 1. The fraction of sp³-hybridized carbons (Fsp3) is 0.130. The van der Waals surface area contributed by atoms with Gasteiger partial charge in [-0.05, 0) is 60.2 Å². The first-order chi connectivity index (χ1) is 14.8. The number of thiophene rings is 1. The maximum atomic E-state index is 11.8. The molecule has 0 aliphatic heterocycles. The highest BCUT2D eigenvalue weighted by molar-refractivity contribution is 7.92. The maximum Gasteiger partial charge on any atom is 0.229 e. The molecule has 31 heavy (non-hydrogen) atoms. The molecule has 0 spiro atoms. The van der Waals surface area contributed by atoms with E-state index in [1.807, 2.05) is 60.3 Å². The minimum absolute atomic E-state index is 0.494. The van der Waals surface area contributed by atoms with Crippen molar-refractivity contribution in [2.24, 2.45) is 0 Å². The normalized spacial score (nSPS) is 11.5. The number of rotatable bonds is 6. The first-order valence-corrected chi connectivity index (χ1v) is 12.3. The van der Waals surface area contributed by atoms with Crippen LogP contribution < -0.4 is 4.72 Å². The number of hydrogen-bond acceptors (Lipinski definition) is 5. The molecule has 0 unspecified atom stereocenters. The van der Waals surface area contributed by atoms with Crippen molar-refractivity contribution in [2.75, 3.05) is 11.0 Å². The van der Waals surface area contributed by atoms with Crippen LogP contribution in [0.2, 0.25) is 0 Å². The Labute approximate surface area is 185 Å². The molecule has 0 atom stereocenters. The highest BCUT2D eigenvalue weighted by Crippen LogP contribution is 2.40. The molecule has 8 heteroatoms. The van der Waals surface area contributed by atoms with Gasteiger partial charge in [0.2, 0.25) is 10.0 Å². The number of aldehydes is 1. The Morgan fingerprint density at radius 2 is 1.81 bits per heavy atom. The number of nitrogens with zero attached hydrogens (tertiary/aromatic N) is 2. The number of nitrogens with one attached hydrogen (secondary N) is 1. The van der Waals surface area contributed by atoms with Gasteiger partial charge < -0.3 is 4.57 Å². The van der Waals surface area contributed by atoms with E-state index in [-0.39, 0.29) is 0 Å². The second-order valence-corrected chi connectivity index (χ2v) is 9.96. The van der Waals surface area contributed by atoms with E-state index >= 15 is 0 Å². The summed E-state index contributed by atoms with van der Waals surface area (Å²) in [7, 11) is -3.36. The molecule has 2 aromatic heterocycles. The third kappa shape index (κ3) is 4.30. The predicted molar refractivity (Wildman–Crippen MR) is 126 cm³/mol. The van der Waals surface area contributed by atoms with Gasteiger partial charge in [0.05, 0.1) is 11.1 Å². The van der Waals surface area contributed by atoms with Crippen molar-refractivity contribution in [3.63, 3.8) is 0 Å². The number of sulfonamides is 1. The molecule has 2 heterocycles. The van der Waals surface area contributed by atoms with Crippen LogP contribution >= 0.6 is 11.3 Å². The average Bonchev–Trinajstić information content (AvgIpc) is 3.33. The summed E-state index contributed by atoms with van der Waals surface area (Å²) in [4.78, 5) is 16.7. The Morgan fingerprint density at radius 3 is 2.39 bits per heavy atom. The quantitative estimate of drug-likeness (QED) is 0.415. The molecule has 0 bridgehead atoms. The van der Waals surface area contributed by atoms with Gasteiger partial charge in [0.1, 0.15) is 5.82 Å². The Bertz CT molecular complexity index is 1370. The van der Waals surface area contributed by atoms with Crippen LogP contribution in [0.5, 0.6) is 0 Å². The average molecular weight is 452 g/mol. The van der Waals surface area contributed by atoms with Crippen LogP contribution in [0.1, 0.15) is 21.1 Å². The summed E-state index contributed by atoms with van der Waals surface area (Å²) in [6.07, 6.45) is 5.67. The van der Waals surface area contributed by atoms with Crippen LogP contribution in [0.15, 0.2) is 60.2 Å². The lowest BCUT2D eigenvalue weighted by Gasteiger charge is -2.12. The Hall–Kier alpha value is -3.23. The van der Waals surface area contributed by atoms with Gasteiger partial charge >= 0.3 is 0 Å². The molecule has 0 saturated heterocycles. The molecule has 0 fully saturated rings. The summed E-state index contributed by atoms with van der Waals surface area (Å²) >= 11 is 1.40. The summed E-state index contributed by atoms with van der Waals surface area (Å²) < 4.78 is 27.6. The molecule has 0 amide bonds. The lowest BCUT2D eigenvalue weighted by molar-refractivity contribution is 0.112. The van der Waals surface area contributed by atoms with Crippen LogP contribution in [0.4, 0.5) is 5.69 Å². The van der Waals surface area contributed by atoms with Gasteiger partial charge in [-0.15, -0.1) is 11.3 Å².